The Hall–Kier alpha value is -3.71. The molecule has 7 nitrogen and oxygen atoms in total. The van der Waals surface area contributed by atoms with Crippen LogP contribution in [0.3, 0.4) is 0 Å². The Morgan fingerprint density at radius 2 is 1.70 bits per heavy atom. The third-order valence-electron chi connectivity index (χ3n) is 6.26. The molecule has 1 aliphatic heterocycles. The van der Waals surface area contributed by atoms with Crippen LogP contribution >= 0.6 is 0 Å². The van der Waals surface area contributed by atoms with Crippen molar-refractivity contribution in [2.75, 3.05) is 5.06 Å². The van der Waals surface area contributed by atoms with Crippen molar-refractivity contribution < 1.29 is 14.6 Å². The van der Waals surface area contributed by atoms with Gasteiger partial charge in [-0.05, 0) is 54.7 Å². The number of hydroxylamine groups is 1. The average molecular weight is 444 g/mol. The molecule has 7 heteroatoms. The summed E-state index contributed by atoms with van der Waals surface area (Å²) in [6, 6.07) is 26.9. The summed E-state index contributed by atoms with van der Waals surface area (Å²) < 4.78 is 0. The van der Waals surface area contributed by atoms with Crippen molar-refractivity contribution in [3.05, 3.63) is 106 Å². The van der Waals surface area contributed by atoms with E-state index < -0.39 is 4.92 Å². The predicted molar refractivity (Wildman–Crippen MR) is 126 cm³/mol. The lowest BCUT2D eigenvalue weighted by Crippen LogP contribution is -2.33. The van der Waals surface area contributed by atoms with Crippen molar-refractivity contribution in [3.63, 3.8) is 0 Å². The van der Waals surface area contributed by atoms with Gasteiger partial charge in [-0.2, -0.15) is 0 Å². The zero-order chi connectivity index (χ0) is 22.6. The summed E-state index contributed by atoms with van der Waals surface area (Å²) in [6.45, 7) is 0.262. The summed E-state index contributed by atoms with van der Waals surface area (Å²) >= 11 is 0. The first-order valence-corrected chi connectivity index (χ1v) is 11.2. The maximum atomic E-state index is 10.9. The quantitative estimate of drug-likeness (QED) is 0.354. The Bertz CT molecular complexity index is 1120. The molecule has 1 saturated carbocycles. The van der Waals surface area contributed by atoms with Crippen LogP contribution in [0.4, 0.5) is 11.4 Å². The molecule has 0 unspecified atom stereocenters. The third kappa shape index (κ3) is 4.45. The molecule has 3 aromatic rings. The first-order valence-electron chi connectivity index (χ1n) is 11.2. The largest absolute Gasteiger partial charge is 0.391 e. The monoisotopic (exact) mass is 443 g/mol. The minimum atomic E-state index is -0.407. The third-order valence-corrected chi connectivity index (χ3v) is 6.26. The van der Waals surface area contributed by atoms with E-state index in [1.165, 1.54) is 17.7 Å². The molecule has 168 valence electrons. The molecule has 0 bridgehead atoms. The van der Waals surface area contributed by atoms with E-state index in [9.17, 15) is 10.1 Å². The minimum Gasteiger partial charge on any atom is -0.391 e. The highest BCUT2D eigenvalue weighted by molar-refractivity contribution is 5.89. The fraction of sp³-hybridized carbons (Fsp3) is 0.269. The van der Waals surface area contributed by atoms with Crippen LogP contribution in [-0.4, -0.2) is 16.7 Å². The number of benzene rings is 3. The van der Waals surface area contributed by atoms with Gasteiger partial charge in [-0.3, -0.25) is 15.0 Å². The van der Waals surface area contributed by atoms with E-state index in [0.29, 0.717) is 0 Å². The van der Waals surface area contributed by atoms with Crippen LogP contribution in [0.25, 0.3) is 0 Å². The normalized spacial score (nSPS) is 23.3. The standard InChI is InChI=1S/C26H25N3O4/c30-29(31)22-16-14-19(15-17-22)18-32-27-23-12-7-13-24-25(23)26(20-8-3-1-4-9-20)28(33-24)21-10-5-2-6-11-21/h1-6,8-11,14-17,24-26H,7,12-13,18H2/b27-23-/t24-,25-,26-/m1/s1. The average Bonchev–Trinajstić information content (AvgIpc) is 3.26. The van der Waals surface area contributed by atoms with Gasteiger partial charge in [0.15, 0.2) is 0 Å². The molecule has 0 N–H and O–H groups in total. The second-order valence-electron chi connectivity index (χ2n) is 8.36. The Balaban J connectivity index is 1.40. The molecule has 0 amide bonds. The smallest absolute Gasteiger partial charge is 0.269 e. The number of nitro benzene ring substituents is 1. The van der Waals surface area contributed by atoms with E-state index in [4.69, 9.17) is 9.68 Å². The number of hydrogen-bond donors (Lipinski definition) is 0. The van der Waals surface area contributed by atoms with Crippen molar-refractivity contribution in [2.45, 2.75) is 38.0 Å². The Morgan fingerprint density at radius 3 is 2.39 bits per heavy atom. The molecule has 1 saturated heterocycles. The fourth-order valence-corrected chi connectivity index (χ4v) is 4.71. The van der Waals surface area contributed by atoms with Crippen LogP contribution in [0, 0.1) is 16.0 Å². The van der Waals surface area contributed by atoms with Crippen LogP contribution in [-0.2, 0) is 16.3 Å². The molecule has 0 aromatic heterocycles. The molecule has 0 radical (unpaired) electrons. The van der Waals surface area contributed by atoms with E-state index >= 15 is 0 Å². The number of fused-ring (bicyclic) bond motifs is 1. The number of anilines is 1. The maximum Gasteiger partial charge on any atom is 0.269 e. The lowest BCUT2D eigenvalue weighted by molar-refractivity contribution is -0.384. The van der Waals surface area contributed by atoms with E-state index in [1.54, 1.807) is 12.1 Å². The molecule has 3 atom stereocenters. The van der Waals surface area contributed by atoms with Crippen molar-refractivity contribution in [2.24, 2.45) is 11.1 Å². The van der Waals surface area contributed by atoms with Gasteiger partial charge in [-0.1, -0.05) is 53.7 Å². The number of oxime groups is 1. The lowest BCUT2D eigenvalue weighted by atomic mass is 9.78. The molecular weight excluding hydrogens is 418 g/mol. The second-order valence-corrected chi connectivity index (χ2v) is 8.36. The van der Waals surface area contributed by atoms with Gasteiger partial charge in [0.2, 0.25) is 0 Å². The summed E-state index contributed by atoms with van der Waals surface area (Å²) in [5, 5.41) is 17.4. The van der Waals surface area contributed by atoms with E-state index in [2.05, 4.69) is 41.6 Å². The first kappa shape index (κ1) is 21.2. The molecule has 2 fully saturated rings. The molecular formula is C26H25N3O4. The van der Waals surface area contributed by atoms with E-state index in [-0.39, 0.29) is 30.4 Å². The van der Waals surface area contributed by atoms with Crippen LogP contribution < -0.4 is 5.06 Å². The number of non-ortho nitro benzene ring substituents is 1. The highest BCUT2D eigenvalue weighted by Crippen LogP contribution is 2.47. The topological polar surface area (TPSA) is 77.2 Å². The van der Waals surface area contributed by atoms with Crippen LogP contribution in [0.2, 0.25) is 0 Å². The molecule has 1 heterocycles. The number of hydrogen-bond acceptors (Lipinski definition) is 6. The first-order chi connectivity index (χ1) is 16.2. The summed E-state index contributed by atoms with van der Waals surface area (Å²) in [6.07, 6.45) is 2.85. The van der Waals surface area contributed by atoms with Gasteiger partial charge in [0.1, 0.15) is 6.61 Å². The second kappa shape index (κ2) is 9.42. The van der Waals surface area contributed by atoms with E-state index in [1.807, 2.05) is 29.3 Å². The van der Waals surface area contributed by atoms with Gasteiger partial charge >= 0.3 is 0 Å². The highest BCUT2D eigenvalue weighted by Gasteiger charge is 2.48. The molecule has 2 aliphatic rings. The predicted octanol–water partition coefficient (Wildman–Crippen LogP) is 5.83. The number of nitro groups is 1. The van der Waals surface area contributed by atoms with Crippen molar-refractivity contribution in [1.82, 2.24) is 0 Å². The molecule has 5 rings (SSSR count). The van der Waals surface area contributed by atoms with Gasteiger partial charge < -0.3 is 4.84 Å². The Morgan fingerprint density at radius 1 is 1.00 bits per heavy atom. The molecule has 33 heavy (non-hydrogen) atoms. The number of rotatable bonds is 6. The zero-order valence-electron chi connectivity index (χ0n) is 18.1. The number of nitrogens with zero attached hydrogens (tertiary/aromatic N) is 3. The summed E-state index contributed by atoms with van der Waals surface area (Å²) in [5.74, 6) is 0.0817. The fourth-order valence-electron chi connectivity index (χ4n) is 4.71. The Labute approximate surface area is 192 Å². The van der Waals surface area contributed by atoms with Crippen molar-refractivity contribution >= 4 is 17.1 Å². The van der Waals surface area contributed by atoms with Gasteiger partial charge in [-0.25, -0.2) is 5.06 Å². The summed E-state index contributed by atoms with van der Waals surface area (Å²) in [4.78, 5) is 22.7. The van der Waals surface area contributed by atoms with Crippen LogP contribution in [0.1, 0.15) is 36.4 Å². The van der Waals surface area contributed by atoms with Gasteiger partial charge in [0.05, 0.1) is 34.4 Å². The van der Waals surface area contributed by atoms with Gasteiger partial charge in [0.25, 0.3) is 5.69 Å². The van der Waals surface area contributed by atoms with Crippen LogP contribution in [0.5, 0.6) is 0 Å². The molecule has 3 aromatic carbocycles. The molecule has 0 spiro atoms. The van der Waals surface area contributed by atoms with Crippen molar-refractivity contribution in [1.29, 1.82) is 0 Å². The lowest BCUT2D eigenvalue weighted by Gasteiger charge is -2.29. The summed E-state index contributed by atoms with van der Waals surface area (Å²) in [7, 11) is 0. The van der Waals surface area contributed by atoms with Gasteiger partial charge in [0, 0.05) is 12.1 Å². The SMILES string of the molecule is O=[N+]([O-])c1ccc(CO/N=C2/CCC[C@H]3ON(c4ccccc4)[C@H](c4ccccc4)[C@H]23)cc1. The molecule has 1 aliphatic carbocycles. The van der Waals surface area contributed by atoms with E-state index in [0.717, 1.165) is 36.2 Å². The Kier molecular flexibility index (Phi) is 6.04. The maximum absolute atomic E-state index is 10.9. The van der Waals surface area contributed by atoms with Crippen molar-refractivity contribution in [3.8, 4) is 0 Å². The minimum absolute atomic E-state index is 0.000579. The number of para-hydroxylation sites is 1. The zero-order valence-corrected chi connectivity index (χ0v) is 18.1. The van der Waals surface area contributed by atoms with Gasteiger partial charge in [-0.15, -0.1) is 0 Å². The highest BCUT2D eigenvalue weighted by atomic mass is 16.7. The summed E-state index contributed by atoms with van der Waals surface area (Å²) in [5.41, 5.74) is 4.10. The van der Waals surface area contributed by atoms with Crippen LogP contribution in [0.15, 0.2) is 90.1 Å².